The highest BCUT2D eigenvalue weighted by Gasteiger charge is 2.17. The van der Waals surface area contributed by atoms with Crippen molar-refractivity contribution in [3.05, 3.63) is 0 Å². The van der Waals surface area contributed by atoms with Crippen molar-refractivity contribution in [2.24, 2.45) is 4.99 Å². The molecule has 0 fully saturated rings. The molecule has 88 valence electrons. The molecule has 0 spiro atoms. The predicted molar refractivity (Wildman–Crippen MR) is 65.5 cm³/mol. The Morgan fingerprint density at radius 1 is 1.13 bits per heavy atom. The molecule has 2 nitrogen and oxygen atoms in total. The minimum atomic E-state index is 0.466. The van der Waals surface area contributed by atoms with E-state index in [1.807, 2.05) is 0 Å². The average molecular weight is 211 g/mol. The van der Waals surface area contributed by atoms with Crippen LogP contribution in [0.25, 0.3) is 0 Å². The second kappa shape index (κ2) is 7.72. The van der Waals surface area contributed by atoms with Crippen LogP contribution in [0.3, 0.4) is 0 Å². The smallest absolute Gasteiger partial charge is 0.183 e. The lowest BCUT2D eigenvalue weighted by Crippen LogP contribution is -2.05. The third-order valence-electron chi connectivity index (χ3n) is 2.90. The molecule has 0 saturated heterocycles. The third-order valence-corrected chi connectivity index (χ3v) is 2.90. The number of rotatable bonds is 8. The van der Waals surface area contributed by atoms with Gasteiger partial charge in [0.15, 0.2) is 5.90 Å². The van der Waals surface area contributed by atoms with Crippen LogP contribution < -0.4 is 0 Å². The summed E-state index contributed by atoms with van der Waals surface area (Å²) in [6.07, 6.45) is 9.99. The number of unbranched alkanes of at least 4 members (excludes halogenated alkanes) is 4. The van der Waals surface area contributed by atoms with Gasteiger partial charge in [-0.3, -0.25) is 0 Å². The van der Waals surface area contributed by atoms with E-state index in [1.54, 1.807) is 0 Å². The maximum atomic E-state index is 5.59. The van der Waals surface area contributed by atoms with Gasteiger partial charge in [-0.15, -0.1) is 0 Å². The van der Waals surface area contributed by atoms with E-state index < -0.39 is 0 Å². The fraction of sp³-hybridized carbons (Fsp3) is 0.923. The fourth-order valence-corrected chi connectivity index (χ4v) is 1.91. The molecule has 0 radical (unpaired) electrons. The highest BCUT2D eigenvalue weighted by atomic mass is 16.5. The first-order valence-electron chi connectivity index (χ1n) is 6.56. The van der Waals surface area contributed by atoms with Crippen LogP contribution >= 0.6 is 0 Å². The van der Waals surface area contributed by atoms with Gasteiger partial charge in [0.2, 0.25) is 0 Å². The van der Waals surface area contributed by atoms with Crippen molar-refractivity contribution in [2.45, 2.75) is 71.3 Å². The Bertz CT molecular complexity index is 189. The molecule has 2 heteroatoms. The Labute approximate surface area is 94.1 Å². The average Bonchev–Trinajstić information content (AvgIpc) is 2.67. The van der Waals surface area contributed by atoms with Gasteiger partial charge in [-0.1, -0.05) is 46.0 Å². The van der Waals surface area contributed by atoms with Crippen LogP contribution in [0.5, 0.6) is 0 Å². The van der Waals surface area contributed by atoms with Crippen LogP contribution in [0, 0.1) is 0 Å². The SMILES string of the molecule is CCCCCC1=NC(CCCCC)CO1. The van der Waals surface area contributed by atoms with Gasteiger partial charge >= 0.3 is 0 Å². The molecule has 1 heterocycles. The molecule has 1 aliphatic rings. The first kappa shape index (κ1) is 12.5. The maximum Gasteiger partial charge on any atom is 0.183 e. The highest BCUT2D eigenvalue weighted by molar-refractivity contribution is 5.77. The van der Waals surface area contributed by atoms with E-state index in [0.717, 1.165) is 18.9 Å². The maximum absolute atomic E-state index is 5.59. The van der Waals surface area contributed by atoms with Crippen molar-refractivity contribution in [2.75, 3.05) is 6.61 Å². The van der Waals surface area contributed by atoms with Crippen LogP contribution in [-0.2, 0) is 4.74 Å². The van der Waals surface area contributed by atoms with Crippen molar-refractivity contribution < 1.29 is 4.74 Å². The molecule has 0 saturated carbocycles. The van der Waals surface area contributed by atoms with E-state index in [9.17, 15) is 0 Å². The van der Waals surface area contributed by atoms with Gasteiger partial charge in [0.05, 0.1) is 6.04 Å². The van der Waals surface area contributed by atoms with Crippen LogP contribution in [-0.4, -0.2) is 18.5 Å². The van der Waals surface area contributed by atoms with E-state index in [4.69, 9.17) is 4.74 Å². The third kappa shape index (κ3) is 5.19. The molecule has 0 N–H and O–H groups in total. The zero-order valence-electron chi connectivity index (χ0n) is 10.3. The summed E-state index contributed by atoms with van der Waals surface area (Å²) in [5.41, 5.74) is 0. The van der Waals surface area contributed by atoms with Gasteiger partial charge in [0.25, 0.3) is 0 Å². The van der Waals surface area contributed by atoms with Crippen molar-refractivity contribution in [3.63, 3.8) is 0 Å². The first-order valence-corrected chi connectivity index (χ1v) is 6.56. The fourth-order valence-electron chi connectivity index (χ4n) is 1.91. The second-order valence-corrected chi connectivity index (χ2v) is 4.44. The monoisotopic (exact) mass is 211 g/mol. The minimum absolute atomic E-state index is 0.466. The highest BCUT2D eigenvalue weighted by Crippen LogP contribution is 2.15. The molecule has 15 heavy (non-hydrogen) atoms. The predicted octanol–water partition coefficient (Wildman–Crippen LogP) is 3.94. The number of ether oxygens (including phenoxy) is 1. The van der Waals surface area contributed by atoms with Crippen LogP contribution in [0.4, 0.5) is 0 Å². The summed E-state index contributed by atoms with van der Waals surface area (Å²) >= 11 is 0. The molecular weight excluding hydrogens is 186 g/mol. The summed E-state index contributed by atoms with van der Waals surface area (Å²) in [6, 6.07) is 0.466. The first-order chi connectivity index (χ1) is 7.36. The Morgan fingerprint density at radius 3 is 2.60 bits per heavy atom. The van der Waals surface area contributed by atoms with Gasteiger partial charge in [-0.05, 0) is 12.8 Å². The molecule has 1 aliphatic heterocycles. The summed E-state index contributed by atoms with van der Waals surface area (Å²) in [5.74, 6) is 1.02. The molecule has 0 aliphatic carbocycles. The Balaban J connectivity index is 2.10. The molecule has 0 aromatic carbocycles. The van der Waals surface area contributed by atoms with Crippen LogP contribution in [0.15, 0.2) is 4.99 Å². The lowest BCUT2D eigenvalue weighted by molar-refractivity contribution is 0.301. The summed E-state index contributed by atoms with van der Waals surface area (Å²) < 4.78 is 5.59. The quantitative estimate of drug-likeness (QED) is 0.557. The van der Waals surface area contributed by atoms with Crippen molar-refractivity contribution in [3.8, 4) is 0 Å². The van der Waals surface area contributed by atoms with Crippen molar-refractivity contribution in [1.29, 1.82) is 0 Å². The van der Waals surface area contributed by atoms with E-state index in [1.165, 1.54) is 44.9 Å². The number of aliphatic imine (C=N–C) groups is 1. The van der Waals surface area contributed by atoms with Gasteiger partial charge in [0.1, 0.15) is 6.61 Å². The van der Waals surface area contributed by atoms with Gasteiger partial charge in [0, 0.05) is 6.42 Å². The van der Waals surface area contributed by atoms with Gasteiger partial charge in [-0.2, -0.15) is 0 Å². The topological polar surface area (TPSA) is 21.6 Å². The number of hydrogen-bond acceptors (Lipinski definition) is 2. The molecule has 0 bridgehead atoms. The van der Waals surface area contributed by atoms with Gasteiger partial charge < -0.3 is 4.74 Å². The molecule has 1 unspecified atom stereocenters. The zero-order valence-corrected chi connectivity index (χ0v) is 10.3. The standard InChI is InChI=1S/C13H25NO/c1-3-5-7-9-12-11-15-13(14-12)10-8-6-4-2/h12H,3-11H2,1-2H3. The zero-order chi connectivity index (χ0) is 10.9. The Morgan fingerprint density at radius 2 is 1.87 bits per heavy atom. The van der Waals surface area contributed by atoms with Gasteiger partial charge in [-0.25, -0.2) is 4.99 Å². The molecular formula is C13H25NO. The summed E-state index contributed by atoms with van der Waals surface area (Å²) in [4.78, 5) is 4.63. The van der Waals surface area contributed by atoms with Crippen LogP contribution in [0.1, 0.15) is 65.2 Å². The van der Waals surface area contributed by atoms with E-state index in [0.29, 0.717) is 6.04 Å². The molecule has 1 atom stereocenters. The molecule has 1 rings (SSSR count). The Kier molecular flexibility index (Phi) is 6.45. The largest absolute Gasteiger partial charge is 0.479 e. The lowest BCUT2D eigenvalue weighted by Gasteiger charge is -2.02. The molecule has 0 aromatic heterocycles. The summed E-state index contributed by atoms with van der Waals surface area (Å²) in [5, 5.41) is 0. The normalized spacial score (nSPS) is 20.1. The van der Waals surface area contributed by atoms with E-state index in [2.05, 4.69) is 18.8 Å². The second-order valence-electron chi connectivity index (χ2n) is 4.44. The van der Waals surface area contributed by atoms with E-state index in [-0.39, 0.29) is 0 Å². The van der Waals surface area contributed by atoms with E-state index >= 15 is 0 Å². The van der Waals surface area contributed by atoms with Crippen molar-refractivity contribution in [1.82, 2.24) is 0 Å². The molecule has 0 aromatic rings. The summed E-state index contributed by atoms with van der Waals surface area (Å²) in [7, 11) is 0. The number of hydrogen-bond donors (Lipinski definition) is 0. The summed E-state index contributed by atoms with van der Waals surface area (Å²) in [6.45, 7) is 5.31. The minimum Gasteiger partial charge on any atom is -0.479 e. The van der Waals surface area contributed by atoms with Crippen LogP contribution in [0.2, 0.25) is 0 Å². The number of nitrogens with zero attached hydrogens (tertiary/aromatic N) is 1. The van der Waals surface area contributed by atoms with Crippen molar-refractivity contribution >= 4 is 5.90 Å². The lowest BCUT2D eigenvalue weighted by atomic mass is 10.1. The molecule has 0 amide bonds. The Hall–Kier alpha value is -0.530.